The standard InChI is InChI=1S/C10H14N4OS/c1-13(2)4-3-11-9(15)8-7-14-5-6-16-10(14)12-8/h5-7H,3-4H2,1-2H3,(H,11,15). The van der Waals surface area contributed by atoms with Crippen LogP contribution in [0.5, 0.6) is 0 Å². The molecule has 0 aliphatic carbocycles. The van der Waals surface area contributed by atoms with E-state index in [1.165, 1.54) is 11.3 Å². The molecule has 16 heavy (non-hydrogen) atoms. The summed E-state index contributed by atoms with van der Waals surface area (Å²) >= 11 is 1.52. The van der Waals surface area contributed by atoms with Gasteiger partial charge in [-0.05, 0) is 14.1 Å². The Morgan fingerprint density at radius 3 is 3.12 bits per heavy atom. The Bertz CT molecular complexity index is 459. The maximum atomic E-state index is 11.7. The van der Waals surface area contributed by atoms with Crippen LogP contribution in [0.2, 0.25) is 0 Å². The van der Waals surface area contributed by atoms with Crippen LogP contribution in [0.1, 0.15) is 10.5 Å². The number of rotatable bonds is 4. The van der Waals surface area contributed by atoms with Crippen molar-refractivity contribution in [3.05, 3.63) is 23.5 Å². The Hall–Kier alpha value is -1.40. The van der Waals surface area contributed by atoms with Crippen molar-refractivity contribution in [3.63, 3.8) is 0 Å². The van der Waals surface area contributed by atoms with Gasteiger partial charge in [-0.25, -0.2) is 4.98 Å². The van der Waals surface area contributed by atoms with E-state index >= 15 is 0 Å². The molecule has 2 aromatic heterocycles. The molecule has 0 aromatic carbocycles. The van der Waals surface area contributed by atoms with Crippen molar-refractivity contribution in [1.82, 2.24) is 19.6 Å². The quantitative estimate of drug-likeness (QED) is 0.852. The first kappa shape index (κ1) is 11.1. The molecule has 2 heterocycles. The minimum atomic E-state index is -0.113. The number of thiazole rings is 1. The van der Waals surface area contributed by atoms with Gasteiger partial charge >= 0.3 is 0 Å². The minimum Gasteiger partial charge on any atom is -0.349 e. The Morgan fingerprint density at radius 1 is 1.62 bits per heavy atom. The van der Waals surface area contributed by atoms with E-state index in [0.29, 0.717) is 12.2 Å². The Kier molecular flexibility index (Phi) is 3.21. The number of nitrogens with zero attached hydrogens (tertiary/aromatic N) is 3. The molecule has 86 valence electrons. The molecular formula is C10H14N4OS. The zero-order valence-electron chi connectivity index (χ0n) is 9.30. The second kappa shape index (κ2) is 4.63. The SMILES string of the molecule is CN(C)CCNC(=O)c1cn2ccsc2n1. The number of hydrogen-bond acceptors (Lipinski definition) is 4. The number of likely N-dealkylation sites (N-methyl/N-ethyl adjacent to an activating group) is 1. The Labute approximate surface area is 97.7 Å². The fourth-order valence-electron chi connectivity index (χ4n) is 1.32. The highest BCUT2D eigenvalue weighted by Crippen LogP contribution is 2.10. The van der Waals surface area contributed by atoms with Crippen molar-refractivity contribution in [1.29, 1.82) is 0 Å². The third kappa shape index (κ3) is 2.40. The van der Waals surface area contributed by atoms with Crippen LogP contribution in [0.15, 0.2) is 17.8 Å². The molecule has 6 heteroatoms. The number of nitrogens with one attached hydrogen (secondary N) is 1. The number of carbonyl (C=O) groups excluding carboxylic acids is 1. The lowest BCUT2D eigenvalue weighted by Gasteiger charge is -2.09. The van der Waals surface area contributed by atoms with Gasteiger partial charge in [0.05, 0.1) is 0 Å². The lowest BCUT2D eigenvalue weighted by Crippen LogP contribution is -2.31. The third-order valence-electron chi connectivity index (χ3n) is 2.17. The van der Waals surface area contributed by atoms with Crippen molar-refractivity contribution in [2.75, 3.05) is 27.2 Å². The molecule has 0 saturated heterocycles. The van der Waals surface area contributed by atoms with Crippen LogP contribution in [0.3, 0.4) is 0 Å². The summed E-state index contributed by atoms with van der Waals surface area (Å²) in [6.07, 6.45) is 3.64. The number of fused-ring (bicyclic) bond motifs is 1. The van der Waals surface area contributed by atoms with Gasteiger partial charge in [0.2, 0.25) is 0 Å². The van der Waals surface area contributed by atoms with Gasteiger partial charge in [-0.15, -0.1) is 11.3 Å². The van der Waals surface area contributed by atoms with Crippen molar-refractivity contribution < 1.29 is 4.79 Å². The zero-order chi connectivity index (χ0) is 11.5. The molecule has 0 spiro atoms. The Balaban J connectivity index is 1.97. The monoisotopic (exact) mass is 238 g/mol. The highest BCUT2D eigenvalue weighted by atomic mass is 32.1. The highest BCUT2D eigenvalue weighted by Gasteiger charge is 2.10. The molecule has 0 unspecified atom stereocenters. The number of imidazole rings is 1. The van der Waals surface area contributed by atoms with Gasteiger partial charge in [-0.3, -0.25) is 9.20 Å². The Morgan fingerprint density at radius 2 is 2.44 bits per heavy atom. The predicted octanol–water partition coefficient (Wildman–Crippen LogP) is 0.687. The molecule has 5 nitrogen and oxygen atoms in total. The van der Waals surface area contributed by atoms with Crippen molar-refractivity contribution >= 4 is 22.2 Å². The molecule has 1 amide bonds. The smallest absolute Gasteiger partial charge is 0.271 e. The van der Waals surface area contributed by atoms with Gasteiger partial charge in [0.15, 0.2) is 4.96 Å². The maximum absolute atomic E-state index is 11.7. The van der Waals surface area contributed by atoms with Crippen LogP contribution in [0.25, 0.3) is 4.96 Å². The molecule has 1 N–H and O–H groups in total. The molecule has 0 aliphatic rings. The zero-order valence-corrected chi connectivity index (χ0v) is 10.1. The lowest BCUT2D eigenvalue weighted by atomic mass is 10.4. The topological polar surface area (TPSA) is 49.6 Å². The van der Waals surface area contributed by atoms with E-state index < -0.39 is 0 Å². The largest absolute Gasteiger partial charge is 0.349 e. The molecule has 0 fully saturated rings. The van der Waals surface area contributed by atoms with Gasteiger partial charge in [-0.1, -0.05) is 0 Å². The third-order valence-corrected chi connectivity index (χ3v) is 2.94. The normalized spacial score (nSPS) is 11.2. The van der Waals surface area contributed by atoms with E-state index in [2.05, 4.69) is 10.3 Å². The van der Waals surface area contributed by atoms with Crippen molar-refractivity contribution in [3.8, 4) is 0 Å². The summed E-state index contributed by atoms with van der Waals surface area (Å²) < 4.78 is 1.85. The molecule has 0 aliphatic heterocycles. The molecule has 2 rings (SSSR count). The summed E-state index contributed by atoms with van der Waals surface area (Å²) in [5.41, 5.74) is 0.477. The summed E-state index contributed by atoms with van der Waals surface area (Å²) in [7, 11) is 3.94. The summed E-state index contributed by atoms with van der Waals surface area (Å²) in [6, 6.07) is 0. The first-order valence-corrected chi connectivity index (χ1v) is 5.90. The molecule has 0 saturated carbocycles. The van der Waals surface area contributed by atoms with Crippen LogP contribution in [0.4, 0.5) is 0 Å². The first-order valence-electron chi connectivity index (χ1n) is 5.02. The average molecular weight is 238 g/mol. The average Bonchev–Trinajstić information content (AvgIpc) is 2.75. The molecular weight excluding hydrogens is 224 g/mol. The van der Waals surface area contributed by atoms with Gasteiger partial charge in [-0.2, -0.15) is 0 Å². The van der Waals surface area contributed by atoms with E-state index in [9.17, 15) is 4.79 Å². The predicted molar refractivity (Wildman–Crippen MR) is 64.0 cm³/mol. The maximum Gasteiger partial charge on any atom is 0.271 e. The van der Waals surface area contributed by atoms with E-state index in [0.717, 1.165) is 11.5 Å². The van der Waals surface area contributed by atoms with Gasteiger partial charge in [0.1, 0.15) is 5.69 Å². The summed E-state index contributed by atoms with van der Waals surface area (Å²) in [5.74, 6) is -0.113. The van der Waals surface area contributed by atoms with Crippen molar-refractivity contribution in [2.45, 2.75) is 0 Å². The number of amides is 1. The number of aromatic nitrogens is 2. The van der Waals surface area contributed by atoms with Crippen molar-refractivity contribution in [2.24, 2.45) is 0 Å². The van der Waals surface area contributed by atoms with Gasteiger partial charge in [0.25, 0.3) is 5.91 Å². The summed E-state index contributed by atoms with van der Waals surface area (Å²) in [4.78, 5) is 18.8. The lowest BCUT2D eigenvalue weighted by molar-refractivity contribution is 0.0946. The second-order valence-corrected chi connectivity index (χ2v) is 4.65. The first-order chi connectivity index (χ1) is 7.66. The highest BCUT2D eigenvalue weighted by molar-refractivity contribution is 7.15. The molecule has 0 radical (unpaired) electrons. The molecule has 0 bridgehead atoms. The van der Waals surface area contributed by atoms with Crippen LogP contribution >= 0.6 is 11.3 Å². The van der Waals surface area contributed by atoms with E-state index in [4.69, 9.17) is 0 Å². The fourth-order valence-corrected chi connectivity index (χ4v) is 2.02. The number of hydrogen-bond donors (Lipinski definition) is 1. The molecule has 2 aromatic rings. The second-order valence-electron chi connectivity index (χ2n) is 3.78. The summed E-state index contributed by atoms with van der Waals surface area (Å²) in [6.45, 7) is 1.46. The van der Waals surface area contributed by atoms with Crippen LogP contribution < -0.4 is 5.32 Å². The van der Waals surface area contributed by atoms with E-state index in [1.54, 1.807) is 6.20 Å². The van der Waals surface area contributed by atoms with Gasteiger partial charge in [0, 0.05) is 30.9 Å². The van der Waals surface area contributed by atoms with Gasteiger partial charge < -0.3 is 10.2 Å². The van der Waals surface area contributed by atoms with E-state index in [1.807, 2.05) is 35.0 Å². The van der Waals surface area contributed by atoms with Crippen LogP contribution in [-0.2, 0) is 0 Å². The van der Waals surface area contributed by atoms with Crippen LogP contribution in [0, 0.1) is 0 Å². The minimum absolute atomic E-state index is 0.113. The van der Waals surface area contributed by atoms with Crippen LogP contribution in [-0.4, -0.2) is 47.4 Å². The summed E-state index contributed by atoms with van der Waals surface area (Å²) in [5, 5.41) is 4.77. The van der Waals surface area contributed by atoms with E-state index in [-0.39, 0.29) is 5.91 Å². The fraction of sp³-hybridized carbons (Fsp3) is 0.400. The molecule has 0 atom stereocenters. The number of carbonyl (C=O) groups is 1.